The first-order chi connectivity index (χ1) is 7.33. The van der Waals surface area contributed by atoms with E-state index in [2.05, 4.69) is 20.8 Å². The van der Waals surface area contributed by atoms with E-state index in [0.717, 1.165) is 50.8 Å². The van der Waals surface area contributed by atoms with Crippen LogP contribution in [-0.4, -0.2) is 41.9 Å². The minimum Gasteiger partial charge on any atom is -0.381 e. The second-order valence-electron chi connectivity index (χ2n) is 4.37. The van der Waals surface area contributed by atoms with Crippen LogP contribution in [0.3, 0.4) is 0 Å². The first-order valence-electron chi connectivity index (χ1n) is 5.77. The summed E-state index contributed by atoms with van der Waals surface area (Å²) < 4.78 is 5.29. The second kappa shape index (κ2) is 5.30. The second-order valence-corrected chi connectivity index (χ2v) is 5.02. The summed E-state index contributed by atoms with van der Waals surface area (Å²) in [5.74, 6) is 0.582. The van der Waals surface area contributed by atoms with E-state index in [9.17, 15) is 4.79 Å². The van der Waals surface area contributed by atoms with Gasteiger partial charge >= 0.3 is 0 Å². The van der Waals surface area contributed by atoms with E-state index in [-0.39, 0.29) is 5.92 Å². The number of ether oxygens (including phenoxy) is 1. The Bertz CT molecular complexity index is 229. The number of hydrogen-bond donors (Lipinski definition) is 0. The lowest BCUT2D eigenvalue weighted by Gasteiger charge is -2.29. The molecule has 15 heavy (non-hydrogen) atoms. The molecule has 1 unspecified atom stereocenters. The zero-order valence-electron chi connectivity index (χ0n) is 8.95. The molecule has 0 aromatic carbocycles. The number of carbonyl (C=O) groups is 1. The molecule has 0 saturated carbocycles. The molecule has 2 rings (SSSR count). The van der Waals surface area contributed by atoms with Crippen LogP contribution in [-0.2, 0) is 9.53 Å². The van der Waals surface area contributed by atoms with Gasteiger partial charge in [0.25, 0.3) is 0 Å². The molecule has 2 fully saturated rings. The van der Waals surface area contributed by atoms with Gasteiger partial charge in [-0.15, -0.1) is 0 Å². The summed E-state index contributed by atoms with van der Waals surface area (Å²) >= 11 is 3.49. The van der Waals surface area contributed by atoms with E-state index in [1.54, 1.807) is 0 Å². The normalized spacial score (nSPS) is 28.3. The van der Waals surface area contributed by atoms with Gasteiger partial charge in [0.1, 0.15) is 0 Å². The third kappa shape index (κ3) is 2.53. The first-order valence-corrected chi connectivity index (χ1v) is 6.89. The number of nitrogens with zero attached hydrogens (tertiary/aromatic N) is 1. The van der Waals surface area contributed by atoms with Crippen LogP contribution in [0, 0.1) is 5.92 Å². The number of rotatable bonds is 2. The summed E-state index contributed by atoms with van der Waals surface area (Å²) in [5.41, 5.74) is 0. The van der Waals surface area contributed by atoms with Gasteiger partial charge in [0, 0.05) is 37.0 Å². The van der Waals surface area contributed by atoms with E-state index < -0.39 is 0 Å². The summed E-state index contributed by atoms with van der Waals surface area (Å²) in [6.07, 6.45) is 4.13. The van der Waals surface area contributed by atoms with E-state index in [4.69, 9.17) is 4.74 Å². The molecule has 3 nitrogen and oxygen atoms in total. The number of hydrogen-bond acceptors (Lipinski definition) is 2. The van der Waals surface area contributed by atoms with E-state index in [0.29, 0.717) is 11.9 Å². The quantitative estimate of drug-likeness (QED) is 0.720. The highest BCUT2D eigenvalue weighted by Crippen LogP contribution is 2.25. The lowest BCUT2D eigenvalue weighted by molar-refractivity contribution is -0.138. The smallest absolute Gasteiger partial charge is 0.226 e. The molecule has 0 aromatic heterocycles. The Labute approximate surface area is 99.3 Å². The maximum absolute atomic E-state index is 12.2. The average molecular weight is 276 g/mol. The van der Waals surface area contributed by atoms with Crippen molar-refractivity contribution in [3.05, 3.63) is 0 Å². The van der Waals surface area contributed by atoms with Crippen molar-refractivity contribution in [2.24, 2.45) is 5.92 Å². The highest BCUT2D eigenvalue weighted by atomic mass is 79.9. The number of carbonyl (C=O) groups excluding carboxylic acids is 1. The lowest BCUT2D eigenvalue weighted by Crippen LogP contribution is -2.42. The molecule has 0 bridgehead atoms. The summed E-state index contributed by atoms with van der Waals surface area (Å²) in [6, 6.07) is 0.431. The minimum absolute atomic E-state index is 0.221. The van der Waals surface area contributed by atoms with Gasteiger partial charge in [-0.25, -0.2) is 0 Å². The molecule has 2 saturated heterocycles. The Balaban J connectivity index is 1.93. The topological polar surface area (TPSA) is 29.5 Å². The molecular formula is C11H18BrNO2. The third-order valence-corrected chi connectivity index (χ3v) is 4.16. The van der Waals surface area contributed by atoms with Crippen molar-refractivity contribution in [1.29, 1.82) is 0 Å². The summed E-state index contributed by atoms with van der Waals surface area (Å²) in [6.45, 7) is 2.46. The molecular weight excluding hydrogens is 258 g/mol. The molecule has 0 aromatic rings. The molecule has 1 amide bonds. The fourth-order valence-corrected chi connectivity index (χ4v) is 3.14. The monoisotopic (exact) mass is 275 g/mol. The highest BCUT2D eigenvalue weighted by Gasteiger charge is 2.32. The Morgan fingerprint density at radius 2 is 2.07 bits per heavy atom. The molecule has 4 heteroatoms. The zero-order valence-corrected chi connectivity index (χ0v) is 10.5. The maximum atomic E-state index is 12.2. The third-order valence-electron chi connectivity index (χ3n) is 3.41. The summed E-state index contributed by atoms with van der Waals surface area (Å²) in [7, 11) is 0. The molecule has 2 heterocycles. The van der Waals surface area contributed by atoms with Crippen LogP contribution in [0.2, 0.25) is 0 Å². The van der Waals surface area contributed by atoms with Crippen LogP contribution in [0.25, 0.3) is 0 Å². The van der Waals surface area contributed by atoms with Gasteiger partial charge in [-0.2, -0.15) is 0 Å². The van der Waals surface area contributed by atoms with Crippen molar-refractivity contribution in [3.63, 3.8) is 0 Å². The van der Waals surface area contributed by atoms with Crippen LogP contribution >= 0.6 is 15.9 Å². The van der Waals surface area contributed by atoms with Gasteiger partial charge in [-0.1, -0.05) is 15.9 Å². The number of halogens is 1. The number of likely N-dealkylation sites (tertiary alicyclic amines) is 1. The predicted octanol–water partition coefficient (Wildman–Crippen LogP) is 1.80. The van der Waals surface area contributed by atoms with Gasteiger partial charge in [-0.05, 0) is 25.7 Å². The Morgan fingerprint density at radius 1 is 1.33 bits per heavy atom. The predicted molar refractivity (Wildman–Crippen MR) is 62.1 cm³/mol. The van der Waals surface area contributed by atoms with Crippen molar-refractivity contribution >= 4 is 21.8 Å². The lowest BCUT2D eigenvalue weighted by atomic mass is 9.98. The molecule has 86 valence electrons. The largest absolute Gasteiger partial charge is 0.381 e. The minimum atomic E-state index is 0.221. The SMILES string of the molecule is O=C(C1CCOCC1)N1CCCC1CBr. The average Bonchev–Trinajstić information content (AvgIpc) is 2.77. The van der Waals surface area contributed by atoms with Crippen LogP contribution in [0.4, 0.5) is 0 Å². The Kier molecular flexibility index (Phi) is 4.03. The van der Waals surface area contributed by atoms with E-state index in [1.807, 2.05) is 0 Å². The fourth-order valence-electron chi connectivity index (χ4n) is 2.47. The van der Waals surface area contributed by atoms with Crippen molar-refractivity contribution in [2.45, 2.75) is 31.7 Å². The van der Waals surface area contributed by atoms with Crippen LogP contribution < -0.4 is 0 Å². The van der Waals surface area contributed by atoms with Crippen LogP contribution in [0.5, 0.6) is 0 Å². The van der Waals surface area contributed by atoms with Crippen LogP contribution in [0.1, 0.15) is 25.7 Å². The van der Waals surface area contributed by atoms with Gasteiger partial charge in [0.05, 0.1) is 0 Å². The van der Waals surface area contributed by atoms with Crippen molar-refractivity contribution in [1.82, 2.24) is 4.90 Å². The maximum Gasteiger partial charge on any atom is 0.226 e. The van der Waals surface area contributed by atoms with E-state index in [1.165, 1.54) is 0 Å². The van der Waals surface area contributed by atoms with Gasteiger partial charge in [-0.3, -0.25) is 4.79 Å². The summed E-state index contributed by atoms with van der Waals surface area (Å²) in [4.78, 5) is 14.3. The zero-order chi connectivity index (χ0) is 10.7. The van der Waals surface area contributed by atoms with E-state index >= 15 is 0 Å². The number of alkyl halides is 1. The van der Waals surface area contributed by atoms with Gasteiger partial charge < -0.3 is 9.64 Å². The molecule has 1 atom stereocenters. The highest BCUT2D eigenvalue weighted by molar-refractivity contribution is 9.09. The van der Waals surface area contributed by atoms with Crippen molar-refractivity contribution < 1.29 is 9.53 Å². The Hall–Kier alpha value is -0.0900. The molecule has 0 aliphatic carbocycles. The standard InChI is InChI=1S/C11H18BrNO2/c12-8-10-2-1-5-13(10)11(14)9-3-6-15-7-4-9/h9-10H,1-8H2. The molecule has 2 aliphatic heterocycles. The van der Waals surface area contributed by atoms with Crippen LogP contribution in [0.15, 0.2) is 0 Å². The Morgan fingerprint density at radius 3 is 2.73 bits per heavy atom. The molecule has 0 radical (unpaired) electrons. The molecule has 0 spiro atoms. The van der Waals surface area contributed by atoms with Gasteiger partial charge in [0.15, 0.2) is 0 Å². The summed E-state index contributed by atoms with van der Waals surface area (Å²) in [5, 5.41) is 0.919. The van der Waals surface area contributed by atoms with Crippen molar-refractivity contribution in [2.75, 3.05) is 25.1 Å². The van der Waals surface area contributed by atoms with Crippen molar-refractivity contribution in [3.8, 4) is 0 Å². The number of amides is 1. The van der Waals surface area contributed by atoms with Gasteiger partial charge in [0.2, 0.25) is 5.91 Å². The molecule has 2 aliphatic rings. The fraction of sp³-hybridized carbons (Fsp3) is 0.909. The first kappa shape index (κ1) is 11.4. The molecule has 0 N–H and O–H groups in total.